The average Bonchev–Trinajstić information content (AvgIpc) is 3.31. The van der Waals surface area contributed by atoms with E-state index in [2.05, 4.69) is 63.3 Å². The predicted octanol–water partition coefficient (Wildman–Crippen LogP) is 6.02. The summed E-state index contributed by atoms with van der Waals surface area (Å²) in [5, 5.41) is 0.749. The third-order valence-electron chi connectivity index (χ3n) is 6.23. The van der Waals surface area contributed by atoms with Crippen molar-refractivity contribution in [1.29, 1.82) is 0 Å². The van der Waals surface area contributed by atoms with Crippen LogP contribution in [0.4, 0.5) is 5.13 Å². The second kappa shape index (κ2) is 11.4. The van der Waals surface area contributed by atoms with Gasteiger partial charge in [0.2, 0.25) is 0 Å². The Bertz CT molecular complexity index is 1270. The van der Waals surface area contributed by atoms with E-state index in [-0.39, 0.29) is 5.91 Å². The minimum Gasteiger partial charge on any atom is -0.379 e. The lowest BCUT2D eigenvalue weighted by Gasteiger charge is -2.27. The van der Waals surface area contributed by atoms with Gasteiger partial charge >= 0.3 is 0 Å². The van der Waals surface area contributed by atoms with Gasteiger partial charge in [0.15, 0.2) is 5.13 Å². The Kier molecular flexibility index (Phi) is 7.88. The summed E-state index contributed by atoms with van der Waals surface area (Å²) >= 11 is 5.11. The van der Waals surface area contributed by atoms with E-state index in [0.29, 0.717) is 12.1 Å². The van der Waals surface area contributed by atoms with Gasteiger partial charge in [-0.1, -0.05) is 69.7 Å². The van der Waals surface area contributed by atoms with E-state index in [4.69, 9.17) is 9.72 Å². The number of carbonyl (C=O) groups excluding carboxylic acids is 1. The third-order valence-corrected chi connectivity index (χ3v) is 7.76. The minimum absolute atomic E-state index is 0.00337. The fourth-order valence-electron chi connectivity index (χ4n) is 4.32. The normalized spacial score (nSPS) is 14.3. The van der Waals surface area contributed by atoms with Crippen LogP contribution in [0.2, 0.25) is 0 Å². The van der Waals surface area contributed by atoms with E-state index >= 15 is 0 Å². The topological polar surface area (TPSA) is 45.7 Å². The molecular formula is C28H28BrN3O2S. The van der Waals surface area contributed by atoms with Gasteiger partial charge in [0.1, 0.15) is 0 Å². The Balaban J connectivity index is 1.34. The second-order valence-electron chi connectivity index (χ2n) is 8.73. The molecular weight excluding hydrogens is 522 g/mol. The Morgan fingerprint density at radius 2 is 1.74 bits per heavy atom. The summed E-state index contributed by atoms with van der Waals surface area (Å²) in [5.74, 6) is -0.00337. The molecule has 0 saturated carbocycles. The first kappa shape index (κ1) is 24.1. The van der Waals surface area contributed by atoms with Crippen molar-refractivity contribution in [3.63, 3.8) is 0 Å². The molecule has 0 aliphatic carbocycles. The molecule has 0 spiro atoms. The fraction of sp³-hybridized carbons (Fsp3) is 0.286. The number of amides is 1. The molecule has 0 bridgehead atoms. The zero-order chi connectivity index (χ0) is 24.0. The molecule has 1 fully saturated rings. The number of carbonyl (C=O) groups is 1. The molecule has 2 heterocycles. The summed E-state index contributed by atoms with van der Waals surface area (Å²) in [4.78, 5) is 22.8. The van der Waals surface area contributed by atoms with Crippen molar-refractivity contribution >= 4 is 48.5 Å². The lowest BCUT2D eigenvalue weighted by molar-refractivity contribution is 0.0376. The van der Waals surface area contributed by atoms with Crippen LogP contribution in [0.5, 0.6) is 0 Å². The van der Waals surface area contributed by atoms with Crippen LogP contribution >= 0.6 is 27.3 Å². The van der Waals surface area contributed by atoms with Gasteiger partial charge in [0.25, 0.3) is 5.91 Å². The summed E-state index contributed by atoms with van der Waals surface area (Å²) in [6.45, 7) is 5.04. The molecule has 0 unspecified atom stereocenters. The minimum atomic E-state index is -0.00337. The summed E-state index contributed by atoms with van der Waals surface area (Å²) in [7, 11) is 0. The number of fused-ring (bicyclic) bond motifs is 1. The first-order valence-corrected chi connectivity index (χ1v) is 13.6. The van der Waals surface area contributed by atoms with Gasteiger partial charge in [-0.15, -0.1) is 0 Å². The maximum Gasteiger partial charge on any atom is 0.260 e. The van der Waals surface area contributed by atoms with Crippen LogP contribution in [0.15, 0.2) is 77.3 Å². The fourth-order valence-corrected chi connectivity index (χ4v) is 5.86. The number of nitrogens with zero attached hydrogens (tertiary/aromatic N) is 3. The quantitative estimate of drug-likeness (QED) is 0.269. The predicted molar refractivity (Wildman–Crippen MR) is 147 cm³/mol. The van der Waals surface area contributed by atoms with Gasteiger partial charge in [-0.05, 0) is 54.3 Å². The maximum atomic E-state index is 13.7. The molecule has 0 atom stereocenters. The molecule has 1 saturated heterocycles. The Morgan fingerprint density at radius 1 is 1.00 bits per heavy atom. The van der Waals surface area contributed by atoms with Crippen molar-refractivity contribution in [1.82, 2.24) is 9.88 Å². The molecule has 1 aliphatic rings. The van der Waals surface area contributed by atoms with E-state index < -0.39 is 0 Å². The highest BCUT2D eigenvalue weighted by atomic mass is 79.9. The molecule has 0 N–H and O–H groups in total. The number of morpholine rings is 1. The molecule has 180 valence electrons. The third kappa shape index (κ3) is 6.16. The summed E-state index contributed by atoms with van der Waals surface area (Å²) in [6.07, 6.45) is 1.74. The molecule has 35 heavy (non-hydrogen) atoms. The molecule has 1 aliphatic heterocycles. The van der Waals surface area contributed by atoms with Crippen molar-refractivity contribution in [3.8, 4) is 0 Å². The van der Waals surface area contributed by atoms with Crippen LogP contribution in [0.25, 0.3) is 10.2 Å². The van der Waals surface area contributed by atoms with E-state index in [1.807, 2.05) is 35.2 Å². The Hall–Kier alpha value is -2.58. The van der Waals surface area contributed by atoms with E-state index in [0.717, 1.165) is 65.5 Å². The monoisotopic (exact) mass is 549 g/mol. The highest BCUT2D eigenvalue weighted by Gasteiger charge is 2.22. The molecule has 4 aromatic rings. The first-order valence-electron chi connectivity index (χ1n) is 12.0. The zero-order valence-electron chi connectivity index (χ0n) is 19.5. The van der Waals surface area contributed by atoms with E-state index in [1.165, 1.54) is 11.1 Å². The Labute approximate surface area is 218 Å². The lowest BCUT2D eigenvalue weighted by atomic mass is 10.0. The van der Waals surface area contributed by atoms with Crippen LogP contribution in [0.1, 0.15) is 27.9 Å². The lowest BCUT2D eigenvalue weighted by Crippen LogP contribution is -2.39. The van der Waals surface area contributed by atoms with Crippen LogP contribution < -0.4 is 4.90 Å². The van der Waals surface area contributed by atoms with Gasteiger partial charge in [0, 0.05) is 36.2 Å². The molecule has 1 aromatic heterocycles. The van der Waals surface area contributed by atoms with Gasteiger partial charge in [-0.25, -0.2) is 4.98 Å². The number of halogens is 1. The summed E-state index contributed by atoms with van der Waals surface area (Å²) in [6, 6.07) is 24.4. The van der Waals surface area contributed by atoms with Gasteiger partial charge in [-0.2, -0.15) is 0 Å². The number of hydrogen-bond acceptors (Lipinski definition) is 5. The zero-order valence-corrected chi connectivity index (χ0v) is 21.9. The number of rotatable bonds is 8. The molecule has 7 heteroatoms. The van der Waals surface area contributed by atoms with Crippen molar-refractivity contribution < 1.29 is 9.53 Å². The van der Waals surface area contributed by atoms with Crippen molar-refractivity contribution in [2.45, 2.75) is 12.8 Å². The van der Waals surface area contributed by atoms with Crippen LogP contribution in [0, 0.1) is 0 Å². The SMILES string of the molecule is O=C(c1ccc(Cc2ccccc2)cc1)N(CCCN1CCOCC1)c1nc2ccc(Br)cc2s1. The molecule has 3 aromatic carbocycles. The number of ether oxygens (including phenoxy) is 1. The molecule has 5 rings (SSSR count). The second-order valence-corrected chi connectivity index (χ2v) is 10.7. The van der Waals surface area contributed by atoms with Crippen molar-refractivity contribution in [2.75, 3.05) is 44.3 Å². The van der Waals surface area contributed by atoms with Crippen LogP contribution in [-0.4, -0.2) is 55.2 Å². The van der Waals surface area contributed by atoms with Gasteiger partial charge < -0.3 is 4.74 Å². The number of anilines is 1. The standard InChI is InChI=1S/C28H28BrN3O2S/c29-24-11-12-25-26(20-24)35-28(30-25)32(14-4-13-31-15-17-34-18-16-31)27(33)23-9-7-22(8-10-23)19-21-5-2-1-3-6-21/h1-3,5-12,20H,4,13-19H2. The number of benzene rings is 3. The molecule has 0 radical (unpaired) electrons. The van der Waals surface area contributed by atoms with E-state index in [1.54, 1.807) is 11.3 Å². The number of aromatic nitrogens is 1. The number of thiazole rings is 1. The molecule has 5 nitrogen and oxygen atoms in total. The summed E-state index contributed by atoms with van der Waals surface area (Å²) < 4.78 is 7.55. The van der Waals surface area contributed by atoms with Gasteiger partial charge in [0.05, 0.1) is 23.4 Å². The molecule has 1 amide bonds. The van der Waals surface area contributed by atoms with Gasteiger partial charge in [-0.3, -0.25) is 14.6 Å². The van der Waals surface area contributed by atoms with Crippen molar-refractivity contribution in [3.05, 3.63) is 94.0 Å². The van der Waals surface area contributed by atoms with E-state index in [9.17, 15) is 4.79 Å². The first-order chi connectivity index (χ1) is 17.2. The maximum absolute atomic E-state index is 13.7. The Morgan fingerprint density at radius 3 is 2.51 bits per heavy atom. The largest absolute Gasteiger partial charge is 0.379 e. The van der Waals surface area contributed by atoms with Crippen LogP contribution in [0.3, 0.4) is 0 Å². The summed E-state index contributed by atoms with van der Waals surface area (Å²) in [5.41, 5.74) is 4.06. The highest BCUT2D eigenvalue weighted by molar-refractivity contribution is 9.10. The highest BCUT2D eigenvalue weighted by Crippen LogP contribution is 2.32. The van der Waals surface area contributed by atoms with Crippen LogP contribution in [-0.2, 0) is 11.2 Å². The van der Waals surface area contributed by atoms with Crippen molar-refractivity contribution in [2.24, 2.45) is 0 Å². The number of hydrogen-bond donors (Lipinski definition) is 0. The smallest absolute Gasteiger partial charge is 0.260 e. The average molecular weight is 551 g/mol.